The Balaban J connectivity index is 2.22. The van der Waals surface area contributed by atoms with Crippen LogP contribution in [0.1, 0.15) is 26.3 Å². The molecule has 0 aliphatic carbocycles. The molecular formula is C14H17Cl2NO. The highest BCUT2D eigenvalue weighted by Gasteiger charge is 2.14. The molecule has 1 aromatic heterocycles. The van der Waals surface area contributed by atoms with E-state index in [9.17, 15) is 0 Å². The molecule has 0 bridgehead atoms. The van der Waals surface area contributed by atoms with Crippen molar-refractivity contribution in [1.82, 2.24) is 5.32 Å². The molecule has 1 heterocycles. The summed E-state index contributed by atoms with van der Waals surface area (Å²) >= 11 is 12.3. The smallest absolute Gasteiger partial charge is 0.154 e. The van der Waals surface area contributed by atoms with Gasteiger partial charge in [0.15, 0.2) is 5.58 Å². The van der Waals surface area contributed by atoms with Crippen LogP contribution in [0, 0.1) is 0 Å². The van der Waals surface area contributed by atoms with Crippen molar-refractivity contribution >= 4 is 34.2 Å². The highest BCUT2D eigenvalue weighted by Crippen LogP contribution is 2.33. The van der Waals surface area contributed by atoms with E-state index in [1.807, 2.05) is 6.07 Å². The zero-order valence-corrected chi connectivity index (χ0v) is 12.3. The van der Waals surface area contributed by atoms with E-state index in [4.69, 9.17) is 27.6 Å². The molecule has 0 spiro atoms. The van der Waals surface area contributed by atoms with E-state index in [0.29, 0.717) is 15.6 Å². The first-order chi connectivity index (χ1) is 8.38. The molecule has 0 atom stereocenters. The Kier molecular flexibility index (Phi) is 3.90. The van der Waals surface area contributed by atoms with Gasteiger partial charge >= 0.3 is 0 Å². The number of nitrogens with one attached hydrogen (secondary N) is 1. The monoisotopic (exact) mass is 285 g/mol. The maximum absolute atomic E-state index is 6.21. The number of hydrogen-bond acceptors (Lipinski definition) is 2. The third kappa shape index (κ3) is 3.00. The molecule has 4 heteroatoms. The Morgan fingerprint density at radius 2 is 1.83 bits per heavy atom. The van der Waals surface area contributed by atoms with Gasteiger partial charge in [-0.05, 0) is 45.9 Å². The lowest BCUT2D eigenvalue weighted by Crippen LogP contribution is -2.37. The van der Waals surface area contributed by atoms with Crippen LogP contribution < -0.4 is 5.32 Å². The molecule has 0 amide bonds. The molecule has 0 unspecified atom stereocenters. The van der Waals surface area contributed by atoms with Crippen LogP contribution >= 0.6 is 23.2 Å². The minimum absolute atomic E-state index is 0.112. The van der Waals surface area contributed by atoms with E-state index in [2.05, 4.69) is 26.1 Å². The van der Waals surface area contributed by atoms with Gasteiger partial charge < -0.3 is 9.73 Å². The summed E-state index contributed by atoms with van der Waals surface area (Å²) in [5.74, 6) is 0. The van der Waals surface area contributed by atoms with E-state index < -0.39 is 0 Å². The fraction of sp³-hybridized carbons (Fsp3) is 0.429. The predicted octanol–water partition coefficient (Wildman–Crippen LogP) is 4.67. The van der Waals surface area contributed by atoms with Crippen LogP contribution in [-0.2, 0) is 6.42 Å². The summed E-state index contributed by atoms with van der Waals surface area (Å²) in [6.07, 6.45) is 2.61. The van der Waals surface area contributed by atoms with Crippen molar-refractivity contribution in [1.29, 1.82) is 0 Å². The maximum Gasteiger partial charge on any atom is 0.154 e. The number of benzene rings is 1. The third-order valence-corrected chi connectivity index (χ3v) is 3.36. The lowest BCUT2D eigenvalue weighted by molar-refractivity contribution is 0.429. The zero-order chi connectivity index (χ0) is 13.3. The number of halogens is 2. The minimum atomic E-state index is 0.112. The molecule has 0 radical (unpaired) electrons. The first-order valence-corrected chi connectivity index (χ1v) is 6.73. The van der Waals surface area contributed by atoms with Gasteiger partial charge in [-0.1, -0.05) is 23.2 Å². The molecular weight excluding hydrogens is 269 g/mol. The van der Waals surface area contributed by atoms with Crippen LogP contribution in [0.3, 0.4) is 0 Å². The normalized spacial score (nSPS) is 12.3. The molecule has 0 aliphatic heterocycles. The van der Waals surface area contributed by atoms with Gasteiger partial charge in [-0.3, -0.25) is 0 Å². The minimum Gasteiger partial charge on any atom is -0.462 e. The Morgan fingerprint density at radius 3 is 2.50 bits per heavy atom. The van der Waals surface area contributed by atoms with E-state index in [-0.39, 0.29) is 5.54 Å². The van der Waals surface area contributed by atoms with Crippen LogP contribution in [0.25, 0.3) is 11.0 Å². The molecule has 0 saturated heterocycles. The average Bonchev–Trinajstić information content (AvgIpc) is 2.67. The second-order valence-electron chi connectivity index (χ2n) is 5.42. The van der Waals surface area contributed by atoms with Crippen molar-refractivity contribution in [3.8, 4) is 0 Å². The van der Waals surface area contributed by atoms with Crippen LogP contribution in [0.2, 0.25) is 10.0 Å². The predicted molar refractivity (Wildman–Crippen MR) is 77.7 cm³/mol. The highest BCUT2D eigenvalue weighted by atomic mass is 35.5. The average molecular weight is 286 g/mol. The molecule has 0 aliphatic rings. The van der Waals surface area contributed by atoms with E-state index in [1.165, 1.54) is 0 Å². The van der Waals surface area contributed by atoms with Crippen molar-refractivity contribution in [2.45, 2.75) is 32.7 Å². The van der Waals surface area contributed by atoms with Gasteiger partial charge in [0.05, 0.1) is 16.3 Å². The first-order valence-electron chi connectivity index (χ1n) is 5.97. The van der Waals surface area contributed by atoms with Crippen molar-refractivity contribution in [2.75, 3.05) is 6.54 Å². The summed E-state index contributed by atoms with van der Waals surface area (Å²) in [5.41, 5.74) is 1.88. The SMILES string of the molecule is CC(C)(C)NCCc1coc2c(Cl)ccc(Cl)c12. The summed E-state index contributed by atoms with van der Waals surface area (Å²) in [6, 6.07) is 3.56. The fourth-order valence-corrected chi connectivity index (χ4v) is 2.36. The molecule has 2 nitrogen and oxygen atoms in total. The Hall–Kier alpha value is -0.700. The number of fused-ring (bicyclic) bond motifs is 1. The quantitative estimate of drug-likeness (QED) is 0.887. The largest absolute Gasteiger partial charge is 0.462 e. The summed E-state index contributed by atoms with van der Waals surface area (Å²) in [7, 11) is 0. The topological polar surface area (TPSA) is 25.2 Å². The van der Waals surface area contributed by atoms with E-state index in [0.717, 1.165) is 23.9 Å². The maximum atomic E-state index is 6.21. The van der Waals surface area contributed by atoms with Gasteiger partial charge in [0.2, 0.25) is 0 Å². The molecule has 0 fully saturated rings. The molecule has 18 heavy (non-hydrogen) atoms. The lowest BCUT2D eigenvalue weighted by atomic mass is 10.1. The van der Waals surface area contributed by atoms with E-state index >= 15 is 0 Å². The van der Waals surface area contributed by atoms with Gasteiger partial charge in [-0.15, -0.1) is 0 Å². The highest BCUT2D eigenvalue weighted by molar-refractivity contribution is 6.39. The third-order valence-electron chi connectivity index (χ3n) is 2.75. The van der Waals surface area contributed by atoms with Crippen LogP contribution in [0.15, 0.2) is 22.8 Å². The second kappa shape index (κ2) is 5.12. The molecule has 98 valence electrons. The lowest BCUT2D eigenvalue weighted by Gasteiger charge is -2.20. The first kappa shape index (κ1) is 13.7. The summed E-state index contributed by atoms with van der Waals surface area (Å²) in [5, 5.41) is 5.66. The second-order valence-corrected chi connectivity index (χ2v) is 6.24. The summed E-state index contributed by atoms with van der Waals surface area (Å²) in [6.45, 7) is 7.31. The van der Waals surface area contributed by atoms with E-state index in [1.54, 1.807) is 12.3 Å². The zero-order valence-electron chi connectivity index (χ0n) is 10.8. The van der Waals surface area contributed by atoms with Gasteiger partial charge in [0.25, 0.3) is 0 Å². The number of hydrogen-bond donors (Lipinski definition) is 1. The Bertz CT molecular complexity index is 555. The molecule has 2 rings (SSSR count). The van der Waals surface area contributed by atoms with Gasteiger partial charge in [0.1, 0.15) is 0 Å². The Morgan fingerprint density at radius 1 is 1.17 bits per heavy atom. The van der Waals surface area contributed by atoms with Crippen molar-refractivity contribution in [3.05, 3.63) is 34.0 Å². The summed E-state index contributed by atoms with van der Waals surface area (Å²) < 4.78 is 5.50. The van der Waals surface area contributed by atoms with Crippen LogP contribution in [-0.4, -0.2) is 12.1 Å². The Labute approximate surface area is 117 Å². The van der Waals surface area contributed by atoms with Gasteiger partial charge in [-0.25, -0.2) is 0 Å². The standard InChI is InChI=1S/C14H17Cl2NO/c1-14(2,3)17-7-6-9-8-18-13-11(16)5-4-10(15)12(9)13/h4-5,8,17H,6-7H2,1-3H3. The number of rotatable bonds is 3. The molecule has 0 saturated carbocycles. The van der Waals surface area contributed by atoms with Crippen molar-refractivity contribution in [2.24, 2.45) is 0 Å². The van der Waals surface area contributed by atoms with Gasteiger partial charge in [0, 0.05) is 16.5 Å². The van der Waals surface area contributed by atoms with Gasteiger partial charge in [-0.2, -0.15) is 0 Å². The molecule has 2 aromatic rings. The number of furan rings is 1. The fourth-order valence-electron chi connectivity index (χ4n) is 1.89. The van der Waals surface area contributed by atoms with Crippen molar-refractivity contribution < 1.29 is 4.42 Å². The molecule has 1 N–H and O–H groups in total. The van der Waals surface area contributed by atoms with Crippen LogP contribution in [0.4, 0.5) is 0 Å². The van der Waals surface area contributed by atoms with Crippen LogP contribution in [0.5, 0.6) is 0 Å². The molecule has 1 aromatic carbocycles. The van der Waals surface area contributed by atoms with Crippen molar-refractivity contribution in [3.63, 3.8) is 0 Å². The summed E-state index contributed by atoms with van der Waals surface area (Å²) in [4.78, 5) is 0.